The Kier molecular flexibility index (Phi) is 2.95. The van der Waals surface area contributed by atoms with Crippen LogP contribution < -0.4 is 0 Å². The molecule has 0 N–H and O–H groups in total. The second-order valence-corrected chi connectivity index (χ2v) is 5.85. The average molecular weight is 321 g/mol. The minimum Gasteiger partial charge on any atom is -0.207 e. The highest BCUT2D eigenvalue weighted by atomic mass is 127. The van der Waals surface area contributed by atoms with Gasteiger partial charge < -0.3 is 0 Å². The van der Waals surface area contributed by atoms with Gasteiger partial charge in [-0.25, -0.2) is 12.8 Å². The van der Waals surface area contributed by atoms with Crippen LogP contribution in [0.25, 0.3) is 0 Å². The third-order valence-corrected chi connectivity index (χ3v) is 3.07. The third-order valence-electron chi connectivity index (χ3n) is 1.12. The van der Waals surface area contributed by atoms with Crippen molar-refractivity contribution < 1.29 is 12.8 Å². The maximum Gasteiger partial charge on any atom is 0.261 e. The first-order chi connectivity index (χ1) is 5.39. The van der Waals surface area contributed by atoms with Crippen LogP contribution in [0.2, 0.25) is 0 Å². The quantitative estimate of drug-likeness (QED) is 0.588. The highest BCUT2D eigenvalue weighted by Crippen LogP contribution is 2.19. The fraction of sp³-hybridized carbons (Fsp3) is 0. The Morgan fingerprint density at radius 2 is 1.92 bits per heavy atom. The zero-order valence-corrected chi connectivity index (χ0v) is 9.32. The first kappa shape index (κ1) is 10.2. The lowest BCUT2D eigenvalue weighted by atomic mass is 10.3. The van der Waals surface area contributed by atoms with Crippen molar-refractivity contribution >= 4 is 42.3 Å². The van der Waals surface area contributed by atoms with Crippen LogP contribution in [0.15, 0.2) is 23.1 Å². The molecule has 1 aromatic carbocycles. The third kappa shape index (κ3) is 2.56. The molecule has 0 atom stereocenters. The fourth-order valence-electron chi connectivity index (χ4n) is 0.669. The molecule has 0 spiro atoms. The highest BCUT2D eigenvalue weighted by molar-refractivity contribution is 14.1. The molecule has 0 amide bonds. The summed E-state index contributed by atoms with van der Waals surface area (Å²) in [5, 5.41) is 0. The van der Waals surface area contributed by atoms with E-state index in [1.54, 1.807) is 0 Å². The van der Waals surface area contributed by atoms with Crippen LogP contribution in [0.5, 0.6) is 0 Å². The predicted molar refractivity (Wildman–Crippen MR) is 52.2 cm³/mol. The second kappa shape index (κ2) is 3.47. The van der Waals surface area contributed by atoms with Gasteiger partial charge in [0.15, 0.2) is 0 Å². The molecule has 1 aromatic rings. The first-order valence-electron chi connectivity index (χ1n) is 2.80. The average Bonchev–Trinajstić information content (AvgIpc) is 1.82. The summed E-state index contributed by atoms with van der Waals surface area (Å²) in [5.74, 6) is -0.610. The van der Waals surface area contributed by atoms with E-state index in [2.05, 4.69) is 0 Å². The minimum atomic E-state index is -3.82. The van der Waals surface area contributed by atoms with E-state index < -0.39 is 14.9 Å². The van der Waals surface area contributed by atoms with Crippen LogP contribution in [0, 0.1) is 9.39 Å². The van der Waals surface area contributed by atoms with Gasteiger partial charge in [0.05, 0.1) is 4.90 Å². The van der Waals surface area contributed by atoms with Gasteiger partial charge in [-0.1, -0.05) is 0 Å². The Hall–Kier alpha value is 0.120. The number of hydrogen-bond acceptors (Lipinski definition) is 2. The summed E-state index contributed by atoms with van der Waals surface area (Å²) in [6.45, 7) is 0. The van der Waals surface area contributed by atoms with Crippen molar-refractivity contribution in [3.8, 4) is 0 Å². The Morgan fingerprint density at radius 3 is 2.33 bits per heavy atom. The molecule has 0 bridgehead atoms. The number of benzene rings is 1. The van der Waals surface area contributed by atoms with Crippen LogP contribution in [-0.4, -0.2) is 8.42 Å². The maximum absolute atomic E-state index is 12.6. The molecule has 0 aromatic heterocycles. The van der Waals surface area contributed by atoms with Crippen LogP contribution in [0.1, 0.15) is 0 Å². The smallest absolute Gasteiger partial charge is 0.207 e. The van der Waals surface area contributed by atoms with Gasteiger partial charge in [-0.15, -0.1) is 0 Å². The molecule has 0 heterocycles. The number of rotatable bonds is 1. The van der Waals surface area contributed by atoms with Crippen molar-refractivity contribution in [2.75, 3.05) is 0 Å². The molecule has 0 aliphatic rings. The topological polar surface area (TPSA) is 34.1 Å². The van der Waals surface area contributed by atoms with Crippen molar-refractivity contribution in [3.05, 3.63) is 27.6 Å². The molecule has 2 nitrogen and oxygen atoms in total. The highest BCUT2D eigenvalue weighted by Gasteiger charge is 2.11. The Labute approximate surface area is 87.3 Å². The summed E-state index contributed by atoms with van der Waals surface area (Å²) in [6.07, 6.45) is 0. The molecular weight excluding hydrogens is 317 g/mol. The van der Waals surface area contributed by atoms with Crippen LogP contribution in [0.3, 0.4) is 0 Å². The van der Waals surface area contributed by atoms with Gasteiger partial charge in [-0.3, -0.25) is 0 Å². The lowest BCUT2D eigenvalue weighted by Crippen LogP contribution is -1.92. The lowest BCUT2D eigenvalue weighted by molar-refractivity contribution is 0.602. The van der Waals surface area contributed by atoms with Crippen molar-refractivity contribution in [1.29, 1.82) is 0 Å². The van der Waals surface area contributed by atoms with E-state index in [9.17, 15) is 12.8 Å². The monoisotopic (exact) mass is 320 g/mol. The van der Waals surface area contributed by atoms with Gasteiger partial charge in [-0.2, -0.15) is 0 Å². The van der Waals surface area contributed by atoms with E-state index in [0.29, 0.717) is 3.57 Å². The second-order valence-electron chi connectivity index (χ2n) is 2.04. The summed E-state index contributed by atoms with van der Waals surface area (Å²) in [7, 11) is 1.18. The lowest BCUT2D eigenvalue weighted by Gasteiger charge is -1.96. The standard InChI is InChI=1S/C6H3ClFIO2S/c7-12(10,11)6-2-4(8)1-5(9)3-6/h1-3H. The van der Waals surface area contributed by atoms with E-state index in [0.717, 1.165) is 6.07 Å². The molecule has 12 heavy (non-hydrogen) atoms. The van der Waals surface area contributed by atoms with Gasteiger partial charge in [0.1, 0.15) is 5.82 Å². The SMILES string of the molecule is O=S(=O)(Cl)c1cc(F)cc(I)c1. The van der Waals surface area contributed by atoms with E-state index in [1.165, 1.54) is 12.1 Å². The van der Waals surface area contributed by atoms with Crippen molar-refractivity contribution in [1.82, 2.24) is 0 Å². The molecule has 0 saturated heterocycles. The summed E-state index contributed by atoms with van der Waals surface area (Å²) < 4.78 is 34.6. The Bertz CT molecular complexity index is 384. The van der Waals surface area contributed by atoms with Crippen molar-refractivity contribution in [2.45, 2.75) is 4.90 Å². The molecule has 66 valence electrons. The zero-order valence-electron chi connectivity index (χ0n) is 5.59. The molecule has 6 heteroatoms. The number of halogens is 3. The molecule has 0 aliphatic heterocycles. The summed E-state index contributed by atoms with van der Waals surface area (Å²) in [6, 6.07) is 3.39. The van der Waals surface area contributed by atoms with E-state index in [1.807, 2.05) is 22.6 Å². The molecular formula is C6H3ClFIO2S. The molecule has 0 fully saturated rings. The Balaban J connectivity index is 3.37. The molecule has 0 saturated carbocycles. The molecule has 0 radical (unpaired) electrons. The predicted octanol–water partition coefficient (Wildman–Crippen LogP) is 2.36. The van der Waals surface area contributed by atoms with Crippen LogP contribution in [0.4, 0.5) is 4.39 Å². The van der Waals surface area contributed by atoms with Gasteiger partial charge in [0.2, 0.25) is 0 Å². The van der Waals surface area contributed by atoms with E-state index in [4.69, 9.17) is 10.7 Å². The maximum atomic E-state index is 12.6. The minimum absolute atomic E-state index is 0.214. The van der Waals surface area contributed by atoms with Crippen LogP contribution >= 0.6 is 33.3 Å². The van der Waals surface area contributed by atoms with E-state index >= 15 is 0 Å². The van der Waals surface area contributed by atoms with Crippen molar-refractivity contribution in [3.63, 3.8) is 0 Å². The fourth-order valence-corrected chi connectivity index (χ4v) is 2.30. The number of hydrogen-bond donors (Lipinski definition) is 0. The van der Waals surface area contributed by atoms with E-state index in [-0.39, 0.29) is 4.90 Å². The van der Waals surface area contributed by atoms with Crippen molar-refractivity contribution in [2.24, 2.45) is 0 Å². The Morgan fingerprint density at radius 1 is 1.33 bits per heavy atom. The molecule has 0 aliphatic carbocycles. The summed E-state index contributed by atoms with van der Waals surface area (Å²) >= 11 is 1.81. The molecule has 1 rings (SSSR count). The van der Waals surface area contributed by atoms with Gasteiger partial charge in [0.25, 0.3) is 9.05 Å². The largest absolute Gasteiger partial charge is 0.261 e. The summed E-state index contributed by atoms with van der Waals surface area (Å²) in [5.41, 5.74) is 0. The van der Waals surface area contributed by atoms with Gasteiger partial charge in [0, 0.05) is 14.3 Å². The zero-order chi connectivity index (χ0) is 9.35. The van der Waals surface area contributed by atoms with Gasteiger partial charge >= 0.3 is 0 Å². The van der Waals surface area contributed by atoms with Crippen LogP contribution in [-0.2, 0) is 9.05 Å². The first-order valence-corrected chi connectivity index (χ1v) is 6.19. The normalized spacial score (nSPS) is 11.6. The van der Waals surface area contributed by atoms with Gasteiger partial charge in [-0.05, 0) is 40.8 Å². The molecule has 0 unspecified atom stereocenters. The summed E-state index contributed by atoms with van der Waals surface area (Å²) in [4.78, 5) is -0.214.